The second kappa shape index (κ2) is 5.00. The molecule has 106 valence electrons. The molecule has 0 bridgehead atoms. The molecular weight excluding hydrogens is 301 g/mol. The zero-order valence-electron chi connectivity index (χ0n) is 10.8. The Labute approximate surface area is 123 Å². The van der Waals surface area contributed by atoms with Crippen molar-refractivity contribution >= 4 is 22.5 Å². The van der Waals surface area contributed by atoms with Gasteiger partial charge in [0.05, 0.1) is 11.1 Å². The van der Waals surface area contributed by atoms with Gasteiger partial charge >= 0.3 is 0 Å². The maximum absolute atomic E-state index is 13.8. The molecule has 0 aliphatic heterocycles. The molecule has 3 aromatic rings. The van der Waals surface area contributed by atoms with Gasteiger partial charge in [0.15, 0.2) is 17.5 Å². The molecule has 1 aromatic heterocycles. The fraction of sp³-hybridized carbons (Fsp3) is 0.0667. The fourth-order valence-electron chi connectivity index (χ4n) is 2.02. The second-order valence-corrected chi connectivity index (χ2v) is 4.92. The van der Waals surface area contributed by atoms with Crippen LogP contribution in [0.1, 0.15) is 5.56 Å². The first kappa shape index (κ1) is 13.8. The highest BCUT2D eigenvalue weighted by Gasteiger charge is 2.15. The average Bonchev–Trinajstić information content (AvgIpc) is 2.44. The van der Waals surface area contributed by atoms with Crippen molar-refractivity contribution in [2.24, 2.45) is 0 Å². The molecule has 0 aliphatic carbocycles. The SMILES string of the molecule is Cc1cc2c(Cl)nc(-c3cccc(F)c3F)nc2cc1F. The molecule has 21 heavy (non-hydrogen) atoms. The smallest absolute Gasteiger partial charge is 0.169 e. The molecule has 6 heteroatoms. The van der Waals surface area contributed by atoms with E-state index in [1.807, 2.05) is 0 Å². The Morgan fingerprint density at radius 1 is 1.00 bits per heavy atom. The molecule has 0 saturated carbocycles. The van der Waals surface area contributed by atoms with Gasteiger partial charge in [0, 0.05) is 11.5 Å². The third kappa shape index (κ3) is 2.34. The van der Waals surface area contributed by atoms with Crippen molar-refractivity contribution in [1.29, 1.82) is 0 Å². The normalized spacial score (nSPS) is 11.1. The van der Waals surface area contributed by atoms with Crippen LogP contribution >= 0.6 is 11.6 Å². The molecule has 0 radical (unpaired) electrons. The summed E-state index contributed by atoms with van der Waals surface area (Å²) in [7, 11) is 0. The Kier molecular flexibility index (Phi) is 3.29. The quantitative estimate of drug-likeness (QED) is 0.610. The second-order valence-electron chi connectivity index (χ2n) is 4.56. The van der Waals surface area contributed by atoms with E-state index >= 15 is 0 Å². The summed E-state index contributed by atoms with van der Waals surface area (Å²) in [6.07, 6.45) is 0. The van der Waals surface area contributed by atoms with Crippen molar-refractivity contribution in [2.45, 2.75) is 6.92 Å². The maximum Gasteiger partial charge on any atom is 0.169 e. The lowest BCUT2D eigenvalue weighted by Gasteiger charge is -2.07. The van der Waals surface area contributed by atoms with Crippen LogP contribution in [0.15, 0.2) is 30.3 Å². The van der Waals surface area contributed by atoms with Crippen LogP contribution in [0.3, 0.4) is 0 Å². The van der Waals surface area contributed by atoms with E-state index in [4.69, 9.17) is 11.6 Å². The van der Waals surface area contributed by atoms with Gasteiger partial charge in [0.2, 0.25) is 0 Å². The van der Waals surface area contributed by atoms with Crippen LogP contribution in [0, 0.1) is 24.4 Å². The van der Waals surface area contributed by atoms with E-state index < -0.39 is 17.5 Å². The van der Waals surface area contributed by atoms with Gasteiger partial charge in [-0.1, -0.05) is 17.7 Å². The molecule has 0 N–H and O–H groups in total. The Morgan fingerprint density at radius 3 is 2.52 bits per heavy atom. The average molecular weight is 309 g/mol. The van der Waals surface area contributed by atoms with E-state index in [1.54, 1.807) is 6.92 Å². The minimum absolute atomic E-state index is 0.0572. The van der Waals surface area contributed by atoms with Gasteiger partial charge in [-0.15, -0.1) is 0 Å². The Balaban J connectivity index is 2.30. The lowest BCUT2D eigenvalue weighted by Crippen LogP contribution is -1.97. The number of aromatic nitrogens is 2. The first-order valence-electron chi connectivity index (χ1n) is 6.05. The predicted octanol–water partition coefficient (Wildman–Crippen LogP) is 4.68. The number of hydrogen-bond donors (Lipinski definition) is 0. The monoisotopic (exact) mass is 308 g/mol. The highest BCUT2D eigenvalue weighted by Crippen LogP contribution is 2.28. The molecule has 0 amide bonds. The summed E-state index contributed by atoms with van der Waals surface area (Å²) in [5.74, 6) is -2.63. The van der Waals surface area contributed by atoms with Crippen LogP contribution in [0.4, 0.5) is 13.2 Å². The topological polar surface area (TPSA) is 25.8 Å². The molecule has 0 fully saturated rings. The summed E-state index contributed by atoms with van der Waals surface area (Å²) in [5, 5.41) is 0.512. The van der Waals surface area contributed by atoms with Gasteiger partial charge in [0.1, 0.15) is 11.0 Å². The zero-order valence-corrected chi connectivity index (χ0v) is 11.5. The molecule has 0 unspecified atom stereocenters. The van der Waals surface area contributed by atoms with Gasteiger partial charge in [-0.2, -0.15) is 0 Å². The first-order chi connectivity index (χ1) is 9.97. The van der Waals surface area contributed by atoms with Crippen LogP contribution in [-0.4, -0.2) is 9.97 Å². The van der Waals surface area contributed by atoms with Crippen LogP contribution in [0.2, 0.25) is 5.15 Å². The van der Waals surface area contributed by atoms with Crippen molar-refractivity contribution in [3.8, 4) is 11.4 Å². The van der Waals surface area contributed by atoms with Gasteiger partial charge in [0.25, 0.3) is 0 Å². The summed E-state index contributed by atoms with van der Waals surface area (Å²) in [6, 6.07) is 6.37. The minimum Gasteiger partial charge on any atom is -0.228 e. The standard InChI is InChI=1S/C15H8ClF3N2/c1-7-5-9-12(6-11(7)18)20-15(21-14(9)16)8-3-2-4-10(17)13(8)19/h2-6H,1H3. The number of hydrogen-bond acceptors (Lipinski definition) is 2. The van der Waals surface area contributed by atoms with Crippen molar-refractivity contribution in [3.63, 3.8) is 0 Å². The third-order valence-corrected chi connectivity index (χ3v) is 3.41. The Bertz CT molecular complexity index is 865. The molecule has 0 aliphatic rings. The van der Waals surface area contributed by atoms with Crippen LogP contribution in [0.25, 0.3) is 22.3 Å². The van der Waals surface area contributed by atoms with Crippen LogP contribution in [0.5, 0.6) is 0 Å². The summed E-state index contributed by atoms with van der Waals surface area (Å²) < 4.78 is 40.7. The van der Waals surface area contributed by atoms with E-state index in [2.05, 4.69) is 9.97 Å². The molecule has 0 saturated heterocycles. The number of nitrogens with zero attached hydrogens (tertiary/aromatic N) is 2. The van der Waals surface area contributed by atoms with Gasteiger partial charge < -0.3 is 0 Å². The summed E-state index contributed by atoms with van der Waals surface area (Å²) >= 11 is 6.04. The highest BCUT2D eigenvalue weighted by molar-refractivity contribution is 6.34. The van der Waals surface area contributed by atoms with Gasteiger partial charge in [-0.05, 0) is 30.7 Å². The van der Waals surface area contributed by atoms with Crippen molar-refractivity contribution in [1.82, 2.24) is 9.97 Å². The Morgan fingerprint density at radius 2 is 1.76 bits per heavy atom. The van der Waals surface area contributed by atoms with Crippen LogP contribution in [-0.2, 0) is 0 Å². The van der Waals surface area contributed by atoms with Crippen molar-refractivity contribution in [2.75, 3.05) is 0 Å². The lowest BCUT2D eigenvalue weighted by molar-refractivity contribution is 0.510. The number of aryl methyl sites for hydroxylation is 1. The van der Waals surface area contributed by atoms with Crippen LogP contribution < -0.4 is 0 Å². The van der Waals surface area contributed by atoms with E-state index in [9.17, 15) is 13.2 Å². The number of halogens is 4. The molecule has 3 rings (SSSR count). The summed E-state index contributed by atoms with van der Waals surface area (Å²) in [6.45, 7) is 1.59. The maximum atomic E-state index is 13.8. The summed E-state index contributed by atoms with van der Waals surface area (Å²) in [5.41, 5.74) is 0.509. The molecular formula is C15H8ClF3N2. The van der Waals surface area contributed by atoms with Crippen molar-refractivity contribution in [3.05, 3.63) is 58.5 Å². The zero-order chi connectivity index (χ0) is 15.1. The largest absolute Gasteiger partial charge is 0.228 e. The lowest BCUT2D eigenvalue weighted by atomic mass is 10.1. The fourth-order valence-corrected chi connectivity index (χ4v) is 2.25. The molecule has 2 nitrogen and oxygen atoms in total. The predicted molar refractivity (Wildman–Crippen MR) is 74.6 cm³/mol. The van der Waals surface area contributed by atoms with E-state index in [0.717, 1.165) is 6.07 Å². The number of benzene rings is 2. The van der Waals surface area contributed by atoms with E-state index in [-0.39, 0.29) is 22.1 Å². The number of fused-ring (bicyclic) bond motifs is 1. The molecule has 1 heterocycles. The molecule has 0 spiro atoms. The minimum atomic E-state index is -1.07. The number of rotatable bonds is 1. The molecule has 2 aromatic carbocycles. The van der Waals surface area contributed by atoms with Gasteiger partial charge in [-0.3, -0.25) is 0 Å². The van der Waals surface area contributed by atoms with Gasteiger partial charge in [-0.25, -0.2) is 23.1 Å². The van der Waals surface area contributed by atoms with E-state index in [1.165, 1.54) is 24.3 Å². The van der Waals surface area contributed by atoms with E-state index in [0.29, 0.717) is 10.9 Å². The third-order valence-electron chi connectivity index (χ3n) is 3.12. The highest BCUT2D eigenvalue weighted by atomic mass is 35.5. The summed E-state index contributed by atoms with van der Waals surface area (Å²) in [4.78, 5) is 8.04. The first-order valence-corrected chi connectivity index (χ1v) is 6.43. The molecule has 0 atom stereocenters. The Hall–Kier alpha value is -2.14. The van der Waals surface area contributed by atoms with Crippen molar-refractivity contribution < 1.29 is 13.2 Å².